The Morgan fingerprint density at radius 2 is 2.00 bits per heavy atom. The maximum absolute atomic E-state index is 4.37. The normalized spacial score (nSPS) is 14.4. The van der Waals surface area contributed by atoms with Gasteiger partial charge >= 0.3 is 0 Å². The predicted octanol–water partition coefficient (Wildman–Crippen LogP) is 2.54. The van der Waals surface area contributed by atoms with Crippen LogP contribution < -0.4 is 5.32 Å². The molecule has 0 aliphatic rings. The zero-order chi connectivity index (χ0) is 13.1. The molecule has 0 aliphatic carbocycles. The lowest BCUT2D eigenvalue weighted by Crippen LogP contribution is -2.23. The molecule has 0 bridgehead atoms. The SMILES string of the molecule is Cc1nn(C)cc1C(C)N[C@@H](C)c1ccccn1. The van der Waals surface area contributed by atoms with Crippen molar-refractivity contribution in [3.8, 4) is 0 Å². The Morgan fingerprint density at radius 1 is 1.22 bits per heavy atom. The standard InChI is InChI=1S/C14H20N4/c1-10(13-9-18(4)17-11(13)2)16-12(3)14-7-5-6-8-15-14/h5-10,12,16H,1-4H3/t10?,12-/m0/s1. The monoisotopic (exact) mass is 244 g/mol. The number of hydrogen-bond acceptors (Lipinski definition) is 3. The molecule has 0 aliphatic heterocycles. The predicted molar refractivity (Wildman–Crippen MR) is 72.1 cm³/mol. The topological polar surface area (TPSA) is 42.7 Å². The maximum atomic E-state index is 4.37. The molecule has 2 heterocycles. The first-order valence-corrected chi connectivity index (χ1v) is 6.25. The van der Waals surface area contributed by atoms with Crippen molar-refractivity contribution in [2.45, 2.75) is 32.9 Å². The van der Waals surface area contributed by atoms with Crippen LogP contribution in [0.4, 0.5) is 0 Å². The molecule has 0 saturated carbocycles. The molecule has 96 valence electrons. The molecular formula is C14H20N4. The van der Waals surface area contributed by atoms with E-state index in [9.17, 15) is 0 Å². The van der Waals surface area contributed by atoms with Crippen molar-refractivity contribution in [2.24, 2.45) is 7.05 Å². The van der Waals surface area contributed by atoms with Crippen molar-refractivity contribution in [1.29, 1.82) is 0 Å². The van der Waals surface area contributed by atoms with E-state index in [1.807, 2.05) is 43.0 Å². The van der Waals surface area contributed by atoms with Crippen LogP contribution in [0.2, 0.25) is 0 Å². The van der Waals surface area contributed by atoms with Gasteiger partial charge in [0, 0.05) is 37.1 Å². The highest BCUT2D eigenvalue weighted by atomic mass is 15.3. The first kappa shape index (κ1) is 12.8. The molecular weight excluding hydrogens is 224 g/mol. The van der Waals surface area contributed by atoms with E-state index in [1.54, 1.807) is 0 Å². The number of aromatic nitrogens is 3. The van der Waals surface area contributed by atoms with E-state index in [2.05, 4.69) is 35.4 Å². The van der Waals surface area contributed by atoms with Crippen molar-refractivity contribution in [3.63, 3.8) is 0 Å². The van der Waals surface area contributed by atoms with Crippen molar-refractivity contribution in [3.05, 3.63) is 47.5 Å². The second-order valence-electron chi connectivity index (χ2n) is 4.71. The van der Waals surface area contributed by atoms with Gasteiger partial charge in [-0.25, -0.2) is 0 Å². The number of pyridine rings is 1. The van der Waals surface area contributed by atoms with Crippen molar-refractivity contribution in [2.75, 3.05) is 0 Å². The van der Waals surface area contributed by atoms with Crippen LogP contribution in [-0.4, -0.2) is 14.8 Å². The van der Waals surface area contributed by atoms with Crippen LogP contribution in [0.3, 0.4) is 0 Å². The summed E-state index contributed by atoms with van der Waals surface area (Å²) < 4.78 is 1.86. The molecule has 18 heavy (non-hydrogen) atoms. The van der Waals surface area contributed by atoms with Gasteiger partial charge in [-0.1, -0.05) is 6.07 Å². The molecule has 4 nitrogen and oxygen atoms in total. The third-order valence-electron chi connectivity index (χ3n) is 3.15. The zero-order valence-corrected chi connectivity index (χ0v) is 11.4. The van der Waals surface area contributed by atoms with Crippen LogP contribution in [-0.2, 0) is 7.05 Å². The van der Waals surface area contributed by atoms with Crippen molar-refractivity contribution < 1.29 is 0 Å². The van der Waals surface area contributed by atoms with Gasteiger partial charge in [0.2, 0.25) is 0 Å². The third-order valence-corrected chi connectivity index (χ3v) is 3.15. The van der Waals surface area contributed by atoms with E-state index in [0.717, 1.165) is 11.4 Å². The minimum absolute atomic E-state index is 0.223. The molecule has 0 aromatic carbocycles. The van der Waals surface area contributed by atoms with E-state index < -0.39 is 0 Å². The second kappa shape index (κ2) is 5.31. The molecule has 0 spiro atoms. The Bertz CT molecular complexity index is 504. The number of aryl methyl sites for hydroxylation is 2. The molecule has 2 aromatic rings. The summed E-state index contributed by atoms with van der Waals surface area (Å²) in [6.45, 7) is 6.33. The smallest absolute Gasteiger partial charge is 0.0641 e. The highest BCUT2D eigenvalue weighted by Gasteiger charge is 2.15. The van der Waals surface area contributed by atoms with Crippen LogP contribution in [0.15, 0.2) is 30.6 Å². The van der Waals surface area contributed by atoms with Gasteiger partial charge < -0.3 is 5.32 Å². The van der Waals surface area contributed by atoms with Crippen molar-refractivity contribution in [1.82, 2.24) is 20.1 Å². The number of rotatable bonds is 4. The van der Waals surface area contributed by atoms with E-state index >= 15 is 0 Å². The van der Waals surface area contributed by atoms with Crippen LogP contribution in [0.25, 0.3) is 0 Å². The summed E-state index contributed by atoms with van der Waals surface area (Å²) in [7, 11) is 1.95. The Kier molecular flexibility index (Phi) is 3.77. The molecule has 0 fully saturated rings. The Hall–Kier alpha value is -1.68. The van der Waals surface area contributed by atoms with Gasteiger partial charge in [-0.15, -0.1) is 0 Å². The fraction of sp³-hybridized carbons (Fsp3) is 0.429. The number of hydrogen-bond donors (Lipinski definition) is 1. The molecule has 0 radical (unpaired) electrons. The van der Waals surface area contributed by atoms with Crippen LogP contribution >= 0.6 is 0 Å². The van der Waals surface area contributed by atoms with Crippen molar-refractivity contribution >= 4 is 0 Å². The summed E-state index contributed by atoms with van der Waals surface area (Å²) in [5.74, 6) is 0. The largest absolute Gasteiger partial charge is 0.302 e. The van der Waals surface area contributed by atoms with Crippen LogP contribution in [0, 0.1) is 6.92 Å². The molecule has 2 aromatic heterocycles. The lowest BCUT2D eigenvalue weighted by Gasteiger charge is -2.19. The van der Waals surface area contributed by atoms with Crippen LogP contribution in [0.5, 0.6) is 0 Å². The minimum Gasteiger partial charge on any atom is -0.302 e. The molecule has 2 atom stereocenters. The summed E-state index contributed by atoms with van der Waals surface area (Å²) in [6.07, 6.45) is 3.89. The second-order valence-corrected chi connectivity index (χ2v) is 4.71. The zero-order valence-electron chi connectivity index (χ0n) is 11.4. The highest BCUT2D eigenvalue weighted by molar-refractivity contribution is 5.20. The molecule has 0 amide bonds. The fourth-order valence-corrected chi connectivity index (χ4v) is 2.23. The van der Waals surface area contributed by atoms with E-state index in [1.165, 1.54) is 5.56 Å². The van der Waals surface area contributed by atoms with Gasteiger partial charge in [0.15, 0.2) is 0 Å². The van der Waals surface area contributed by atoms with Gasteiger partial charge in [0.05, 0.1) is 11.4 Å². The molecule has 1 N–H and O–H groups in total. The first-order chi connectivity index (χ1) is 8.58. The lowest BCUT2D eigenvalue weighted by atomic mass is 10.1. The molecule has 1 unspecified atom stereocenters. The lowest BCUT2D eigenvalue weighted by molar-refractivity contribution is 0.485. The van der Waals surface area contributed by atoms with Gasteiger partial charge in [-0.2, -0.15) is 5.10 Å². The Labute approximate surface area is 108 Å². The fourth-order valence-electron chi connectivity index (χ4n) is 2.23. The Balaban J connectivity index is 2.08. The summed E-state index contributed by atoms with van der Waals surface area (Å²) in [5, 5.41) is 7.92. The molecule has 0 saturated heterocycles. The summed E-state index contributed by atoms with van der Waals surface area (Å²) in [6, 6.07) is 6.47. The maximum Gasteiger partial charge on any atom is 0.0641 e. The summed E-state index contributed by atoms with van der Waals surface area (Å²) in [4.78, 5) is 4.37. The quantitative estimate of drug-likeness (QED) is 0.898. The first-order valence-electron chi connectivity index (χ1n) is 6.25. The number of nitrogens with zero attached hydrogens (tertiary/aromatic N) is 3. The van der Waals surface area contributed by atoms with Gasteiger partial charge in [0.1, 0.15) is 0 Å². The van der Waals surface area contributed by atoms with Gasteiger partial charge in [0.25, 0.3) is 0 Å². The summed E-state index contributed by atoms with van der Waals surface area (Å²) in [5.41, 5.74) is 3.37. The van der Waals surface area contributed by atoms with E-state index in [-0.39, 0.29) is 12.1 Å². The van der Waals surface area contributed by atoms with E-state index in [0.29, 0.717) is 0 Å². The molecule has 2 rings (SSSR count). The van der Waals surface area contributed by atoms with E-state index in [4.69, 9.17) is 0 Å². The average Bonchev–Trinajstić information content (AvgIpc) is 2.69. The minimum atomic E-state index is 0.223. The van der Waals surface area contributed by atoms with Gasteiger partial charge in [-0.3, -0.25) is 9.67 Å². The van der Waals surface area contributed by atoms with Crippen LogP contribution in [0.1, 0.15) is 42.9 Å². The van der Waals surface area contributed by atoms with Gasteiger partial charge in [-0.05, 0) is 32.9 Å². The molecule has 4 heteroatoms. The highest BCUT2D eigenvalue weighted by Crippen LogP contribution is 2.19. The average molecular weight is 244 g/mol. The number of nitrogens with one attached hydrogen (secondary N) is 1. The third kappa shape index (κ3) is 2.76. The summed E-state index contributed by atoms with van der Waals surface area (Å²) >= 11 is 0. The Morgan fingerprint density at radius 3 is 2.56 bits per heavy atom.